The average Bonchev–Trinajstić information content (AvgIpc) is 2.23. The summed E-state index contributed by atoms with van der Waals surface area (Å²) in [5.74, 6) is 1.42. The van der Waals surface area contributed by atoms with Gasteiger partial charge < -0.3 is 15.8 Å². The van der Waals surface area contributed by atoms with Gasteiger partial charge in [-0.05, 0) is 13.8 Å². The molecule has 0 spiro atoms. The normalized spacial score (nSPS) is 14.1. The lowest BCUT2D eigenvalue weighted by Gasteiger charge is -2.15. The Kier molecular flexibility index (Phi) is 5.14. The Hall–Kier alpha value is -1.37. The molecule has 0 fully saturated rings. The second kappa shape index (κ2) is 6.39. The Morgan fingerprint density at radius 3 is 2.88 bits per heavy atom. The molecule has 0 aromatic carbocycles. The van der Waals surface area contributed by atoms with E-state index in [1.54, 1.807) is 6.26 Å². The lowest BCUT2D eigenvalue weighted by atomic mass is 10.3. The van der Waals surface area contributed by atoms with E-state index >= 15 is 0 Å². The van der Waals surface area contributed by atoms with Crippen LogP contribution in [0.4, 0.5) is 11.5 Å². The van der Waals surface area contributed by atoms with Crippen molar-refractivity contribution in [3.8, 4) is 5.88 Å². The number of rotatable bonds is 6. The molecule has 7 heteroatoms. The molecule has 96 valence electrons. The Bertz CT molecular complexity index is 400. The number of nitrogens with two attached hydrogens (primary N) is 1. The van der Waals surface area contributed by atoms with Crippen molar-refractivity contribution in [1.29, 1.82) is 0 Å². The molecule has 6 nitrogen and oxygen atoms in total. The highest BCUT2D eigenvalue weighted by atomic mass is 32.2. The third kappa shape index (κ3) is 4.18. The molecular weight excluding hydrogens is 240 g/mol. The van der Waals surface area contributed by atoms with Crippen LogP contribution in [-0.2, 0) is 10.8 Å². The minimum Gasteiger partial charge on any atom is -0.476 e. The third-order valence-electron chi connectivity index (χ3n) is 2.00. The minimum atomic E-state index is -0.863. The molecule has 3 N–H and O–H groups in total. The first-order valence-corrected chi connectivity index (χ1v) is 7.07. The van der Waals surface area contributed by atoms with Crippen LogP contribution in [-0.4, -0.2) is 38.8 Å². The van der Waals surface area contributed by atoms with E-state index in [2.05, 4.69) is 15.3 Å². The highest BCUT2D eigenvalue weighted by Gasteiger charge is 2.11. The quantitative estimate of drug-likeness (QED) is 0.778. The molecule has 0 saturated heterocycles. The summed E-state index contributed by atoms with van der Waals surface area (Å²) in [6, 6.07) is 0.0208. The average molecular weight is 258 g/mol. The van der Waals surface area contributed by atoms with Crippen molar-refractivity contribution in [3.05, 3.63) is 6.33 Å². The molecule has 1 aromatic rings. The van der Waals surface area contributed by atoms with Crippen LogP contribution < -0.4 is 15.8 Å². The number of hydrogen-bond donors (Lipinski definition) is 2. The van der Waals surface area contributed by atoms with Gasteiger partial charge in [0.2, 0.25) is 5.88 Å². The molecule has 1 aromatic heterocycles. The molecule has 0 bridgehead atoms. The fourth-order valence-electron chi connectivity index (χ4n) is 1.37. The van der Waals surface area contributed by atoms with Crippen LogP contribution in [0.2, 0.25) is 0 Å². The predicted octanol–water partition coefficient (Wildman–Crippen LogP) is 0.636. The van der Waals surface area contributed by atoms with E-state index in [0.29, 0.717) is 29.7 Å². The van der Waals surface area contributed by atoms with Crippen LogP contribution in [0, 0.1) is 0 Å². The van der Waals surface area contributed by atoms with Gasteiger partial charge in [0.25, 0.3) is 0 Å². The van der Waals surface area contributed by atoms with Gasteiger partial charge in [-0.2, -0.15) is 4.98 Å². The molecule has 2 unspecified atom stereocenters. The largest absolute Gasteiger partial charge is 0.476 e. The molecule has 0 amide bonds. The molecule has 0 radical (unpaired) electrons. The van der Waals surface area contributed by atoms with Gasteiger partial charge >= 0.3 is 0 Å². The first kappa shape index (κ1) is 13.7. The summed E-state index contributed by atoms with van der Waals surface area (Å²) in [4.78, 5) is 7.98. The molecule has 0 aliphatic heterocycles. The number of aromatic nitrogens is 2. The standard InChI is InChI=1S/C10H18N4O2S/c1-4-16-10-8(11)9(12-6-13-10)14-7(2)5-17(3)15/h6-7H,4-5,11H2,1-3H3,(H,12,13,14). The summed E-state index contributed by atoms with van der Waals surface area (Å²) in [7, 11) is -0.863. The summed E-state index contributed by atoms with van der Waals surface area (Å²) >= 11 is 0. The highest BCUT2D eigenvalue weighted by molar-refractivity contribution is 7.84. The minimum absolute atomic E-state index is 0.0208. The summed E-state index contributed by atoms with van der Waals surface area (Å²) in [6.07, 6.45) is 3.05. The first-order valence-electron chi connectivity index (χ1n) is 5.34. The molecule has 0 aliphatic carbocycles. The van der Waals surface area contributed by atoms with E-state index in [1.165, 1.54) is 6.33 Å². The smallest absolute Gasteiger partial charge is 0.242 e. The monoisotopic (exact) mass is 258 g/mol. The van der Waals surface area contributed by atoms with Crippen LogP contribution in [0.5, 0.6) is 5.88 Å². The predicted molar refractivity (Wildman–Crippen MR) is 69.6 cm³/mol. The van der Waals surface area contributed by atoms with E-state index in [0.717, 1.165) is 0 Å². The molecular formula is C10H18N4O2S. The fourth-order valence-corrected chi connectivity index (χ4v) is 2.16. The molecule has 1 heterocycles. The van der Waals surface area contributed by atoms with E-state index in [9.17, 15) is 4.21 Å². The molecule has 1 rings (SSSR count). The molecule has 0 saturated carbocycles. The number of nitrogens with zero attached hydrogens (tertiary/aromatic N) is 2. The van der Waals surface area contributed by atoms with Gasteiger partial charge in [-0.25, -0.2) is 4.98 Å². The maximum absolute atomic E-state index is 11.1. The summed E-state index contributed by atoms with van der Waals surface area (Å²) < 4.78 is 16.3. The Labute approximate surface area is 103 Å². The number of anilines is 2. The number of nitrogen functional groups attached to an aromatic ring is 1. The number of nitrogens with one attached hydrogen (secondary N) is 1. The van der Waals surface area contributed by atoms with Gasteiger partial charge in [0.15, 0.2) is 5.82 Å². The van der Waals surface area contributed by atoms with Gasteiger partial charge in [0.1, 0.15) is 12.0 Å². The lowest BCUT2D eigenvalue weighted by Crippen LogP contribution is -2.23. The highest BCUT2D eigenvalue weighted by Crippen LogP contribution is 2.24. The zero-order valence-electron chi connectivity index (χ0n) is 10.3. The third-order valence-corrected chi connectivity index (χ3v) is 2.97. The van der Waals surface area contributed by atoms with E-state index in [4.69, 9.17) is 10.5 Å². The fraction of sp³-hybridized carbons (Fsp3) is 0.600. The first-order chi connectivity index (χ1) is 8.04. The summed E-state index contributed by atoms with van der Waals surface area (Å²) in [5.41, 5.74) is 6.24. The van der Waals surface area contributed by atoms with Gasteiger partial charge in [0.05, 0.1) is 6.61 Å². The SMILES string of the molecule is CCOc1ncnc(NC(C)CS(C)=O)c1N. The van der Waals surface area contributed by atoms with Crippen LogP contribution in [0.25, 0.3) is 0 Å². The second-order valence-corrected chi connectivity index (χ2v) is 5.14. The van der Waals surface area contributed by atoms with E-state index in [1.807, 2.05) is 13.8 Å². The van der Waals surface area contributed by atoms with Crippen molar-refractivity contribution < 1.29 is 8.95 Å². The van der Waals surface area contributed by atoms with Gasteiger partial charge in [0, 0.05) is 28.9 Å². The van der Waals surface area contributed by atoms with Crippen molar-refractivity contribution in [1.82, 2.24) is 9.97 Å². The maximum Gasteiger partial charge on any atom is 0.242 e. The molecule has 17 heavy (non-hydrogen) atoms. The summed E-state index contributed by atoms with van der Waals surface area (Å²) in [6.45, 7) is 4.27. The van der Waals surface area contributed by atoms with Crippen LogP contribution in [0.15, 0.2) is 6.33 Å². The van der Waals surface area contributed by atoms with Gasteiger partial charge in [-0.1, -0.05) is 0 Å². The van der Waals surface area contributed by atoms with Crippen molar-refractivity contribution >= 4 is 22.3 Å². The van der Waals surface area contributed by atoms with Crippen LogP contribution in [0.1, 0.15) is 13.8 Å². The Balaban J connectivity index is 2.77. The number of hydrogen-bond acceptors (Lipinski definition) is 6. The van der Waals surface area contributed by atoms with E-state index in [-0.39, 0.29) is 6.04 Å². The Morgan fingerprint density at radius 1 is 1.59 bits per heavy atom. The lowest BCUT2D eigenvalue weighted by molar-refractivity contribution is 0.328. The number of ether oxygens (including phenoxy) is 1. The Morgan fingerprint density at radius 2 is 2.29 bits per heavy atom. The zero-order chi connectivity index (χ0) is 12.8. The van der Waals surface area contributed by atoms with Crippen molar-refractivity contribution in [3.63, 3.8) is 0 Å². The van der Waals surface area contributed by atoms with Crippen molar-refractivity contribution in [2.75, 3.05) is 29.7 Å². The van der Waals surface area contributed by atoms with E-state index < -0.39 is 10.8 Å². The zero-order valence-corrected chi connectivity index (χ0v) is 11.1. The van der Waals surface area contributed by atoms with Crippen molar-refractivity contribution in [2.24, 2.45) is 0 Å². The topological polar surface area (TPSA) is 90.1 Å². The molecule has 2 atom stereocenters. The maximum atomic E-state index is 11.1. The van der Waals surface area contributed by atoms with Crippen LogP contribution in [0.3, 0.4) is 0 Å². The van der Waals surface area contributed by atoms with Gasteiger partial charge in [-0.15, -0.1) is 0 Å². The van der Waals surface area contributed by atoms with Gasteiger partial charge in [-0.3, -0.25) is 4.21 Å². The molecule has 0 aliphatic rings. The van der Waals surface area contributed by atoms with Crippen molar-refractivity contribution in [2.45, 2.75) is 19.9 Å². The van der Waals surface area contributed by atoms with Crippen LogP contribution >= 0.6 is 0 Å². The second-order valence-electron chi connectivity index (χ2n) is 3.66. The summed E-state index contributed by atoms with van der Waals surface area (Å²) in [5, 5.41) is 3.09.